The molecule has 0 fully saturated rings. The molecule has 230 valence electrons. The van der Waals surface area contributed by atoms with Crippen LogP contribution in [0.3, 0.4) is 0 Å². The first-order valence-corrected chi connectivity index (χ1v) is 15.8. The second kappa shape index (κ2) is 15.1. The summed E-state index contributed by atoms with van der Waals surface area (Å²) in [6, 6.07) is 19.2. The van der Waals surface area contributed by atoms with Crippen molar-refractivity contribution >= 4 is 33.2 Å². The lowest BCUT2D eigenvalue weighted by Crippen LogP contribution is -2.53. The molecular formula is C31H38N4O7S. The number of aryl methyl sites for hydroxylation is 1. The van der Waals surface area contributed by atoms with Crippen LogP contribution < -0.4 is 14.4 Å². The van der Waals surface area contributed by atoms with Crippen molar-refractivity contribution in [2.45, 2.75) is 45.7 Å². The van der Waals surface area contributed by atoms with Crippen molar-refractivity contribution in [1.82, 2.24) is 10.2 Å². The number of ether oxygens (including phenoxy) is 1. The van der Waals surface area contributed by atoms with Crippen molar-refractivity contribution in [2.75, 3.05) is 30.8 Å². The van der Waals surface area contributed by atoms with Crippen LogP contribution in [0.25, 0.3) is 0 Å². The molecule has 0 aliphatic heterocycles. The number of nitro benzene ring substituents is 1. The van der Waals surface area contributed by atoms with Gasteiger partial charge in [-0.1, -0.05) is 67.9 Å². The standard InChI is InChI=1S/C31H38N4O7S/c1-5-6-18-32-31(37)28(19-24-13-8-7-9-14-24)33(21-25-15-11-10-12-23(25)2)30(36)22-34(43(4,40)41)27-20-26(35(38)39)16-17-29(27)42-3/h7-17,20,28H,5-6,18-19,21-22H2,1-4H3,(H,32,37). The minimum absolute atomic E-state index is 0.0347. The van der Waals surface area contributed by atoms with Crippen LogP contribution >= 0.6 is 0 Å². The van der Waals surface area contributed by atoms with Crippen LogP contribution in [0.4, 0.5) is 11.4 Å². The molecule has 0 aliphatic rings. The SMILES string of the molecule is CCCCNC(=O)C(Cc1ccccc1)N(Cc1ccccc1C)C(=O)CN(c1cc([N+](=O)[O-])ccc1OC)S(C)(=O)=O. The Hall–Kier alpha value is -4.45. The van der Waals surface area contributed by atoms with E-state index in [9.17, 15) is 28.1 Å². The van der Waals surface area contributed by atoms with Crippen molar-refractivity contribution in [1.29, 1.82) is 0 Å². The highest BCUT2D eigenvalue weighted by Crippen LogP contribution is 2.34. The average molecular weight is 611 g/mol. The Morgan fingerprint density at radius 2 is 1.72 bits per heavy atom. The summed E-state index contributed by atoms with van der Waals surface area (Å²) in [6.07, 6.45) is 2.71. The molecule has 2 amide bonds. The zero-order valence-corrected chi connectivity index (χ0v) is 25.7. The van der Waals surface area contributed by atoms with E-state index in [1.807, 2.05) is 68.4 Å². The van der Waals surface area contributed by atoms with Crippen LogP contribution in [-0.4, -0.2) is 62.6 Å². The van der Waals surface area contributed by atoms with E-state index in [1.165, 1.54) is 24.1 Å². The lowest BCUT2D eigenvalue weighted by molar-refractivity contribution is -0.384. The van der Waals surface area contributed by atoms with Gasteiger partial charge in [-0.25, -0.2) is 8.42 Å². The average Bonchev–Trinajstić information content (AvgIpc) is 2.98. The summed E-state index contributed by atoms with van der Waals surface area (Å²) in [6.45, 7) is 3.64. The van der Waals surface area contributed by atoms with Crippen molar-refractivity contribution in [3.8, 4) is 5.75 Å². The Balaban J connectivity index is 2.12. The molecule has 3 aromatic rings. The van der Waals surface area contributed by atoms with E-state index in [1.54, 1.807) is 0 Å². The number of rotatable bonds is 15. The van der Waals surface area contributed by atoms with Crippen LogP contribution in [0.2, 0.25) is 0 Å². The maximum Gasteiger partial charge on any atom is 0.271 e. The van der Waals surface area contributed by atoms with Crippen molar-refractivity contribution in [2.24, 2.45) is 0 Å². The van der Waals surface area contributed by atoms with Gasteiger partial charge in [0.25, 0.3) is 5.69 Å². The predicted octanol–water partition coefficient (Wildman–Crippen LogP) is 4.23. The molecule has 43 heavy (non-hydrogen) atoms. The van der Waals surface area contributed by atoms with Gasteiger partial charge in [0.2, 0.25) is 21.8 Å². The monoisotopic (exact) mass is 610 g/mol. The number of nitrogens with one attached hydrogen (secondary N) is 1. The predicted molar refractivity (Wildman–Crippen MR) is 165 cm³/mol. The lowest BCUT2D eigenvalue weighted by atomic mass is 10.0. The third-order valence-electron chi connectivity index (χ3n) is 7.02. The fourth-order valence-corrected chi connectivity index (χ4v) is 5.46. The third kappa shape index (κ3) is 9.02. The number of methoxy groups -OCH3 is 1. The molecule has 1 atom stereocenters. The van der Waals surface area contributed by atoms with Crippen molar-refractivity contribution in [3.05, 3.63) is 99.6 Å². The van der Waals surface area contributed by atoms with E-state index >= 15 is 0 Å². The van der Waals surface area contributed by atoms with E-state index in [0.717, 1.165) is 46.2 Å². The number of carbonyl (C=O) groups is 2. The fraction of sp³-hybridized carbons (Fsp3) is 0.355. The highest BCUT2D eigenvalue weighted by molar-refractivity contribution is 7.92. The summed E-state index contributed by atoms with van der Waals surface area (Å²) in [5.41, 5.74) is 1.97. The summed E-state index contributed by atoms with van der Waals surface area (Å²) in [4.78, 5) is 40.2. The van der Waals surface area contributed by atoms with Gasteiger partial charge < -0.3 is 15.0 Å². The molecule has 11 nitrogen and oxygen atoms in total. The molecule has 1 N–H and O–H groups in total. The van der Waals surface area contributed by atoms with Gasteiger partial charge in [-0.2, -0.15) is 0 Å². The first-order chi connectivity index (χ1) is 20.5. The third-order valence-corrected chi connectivity index (χ3v) is 8.15. The zero-order chi connectivity index (χ0) is 31.6. The molecular weight excluding hydrogens is 572 g/mol. The highest BCUT2D eigenvalue weighted by atomic mass is 32.2. The Morgan fingerprint density at radius 1 is 1.05 bits per heavy atom. The normalized spacial score (nSPS) is 11.8. The van der Waals surface area contributed by atoms with Gasteiger partial charge in [0.1, 0.15) is 24.0 Å². The number of hydrogen-bond donors (Lipinski definition) is 1. The molecule has 0 aromatic heterocycles. The van der Waals surface area contributed by atoms with Crippen LogP contribution in [0.5, 0.6) is 5.75 Å². The fourth-order valence-electron chi connectivity index (χ4n) is 4.61. The Bertz CT molecular complexity index is 1530. The molecule has 0 saturated carbocycles. The second-order valence-electron chi connectivity index (χ2n) is 10.2. The molecule has 12 heteroatoms. The topological polar surface area (TPSA) is 139 Å². The Morgan fingerprint density at radius 3 is 2.33 bits per heavy atom. The number of sulfonamides is 1. The molecule has 1 unspecified atom stereocenters. The molecule has 0 saturated heterocycles. The zero-order valence-electron chi connectivity index (χ0n) is 24.9. The number of amides is 2. The minimum atomic E-state index is -4.14. The lowest BCUT2D eigenvalue weighted by Gasteiger charge is -2.34. The van der Waals surface area contributed by atoms with Gasteiger partial charge in [0, 0.05) is 31.6 Å². The van der Waals surface area contributed by atoms with Crippen LogP contribution in [-0.2, 0) is 32.6 Å². The van der Waals surface area contributed by atoms with Gasteiger partial charge in [0.15, 0.2) is 0 Å². The number of benzene rings is 3. The number of nitro groups is 1. The van der Waals surface area contributed by atoms with Gasteiger partial charge in [-0.05, 0) is 36.1 Å². The first kappa shape index (κ1) is 33.1. The molecule has 0 spiro atoms. The maximum atomic E-state index is 14.2. The summed E-state index contributed by atoms with van der Waals surface area (Å²) in [5.74, 6) is -0.987. The first-order valence-electron chi connectivity index (χ1n) is 13.9. The molecule has 0 bridgehead atoms. The summed E-state index contributed by atoms with van der Waals surface area (Å²) >= 11 is 0. The maximum absolute atomic E-state index is 14.2. The number of carbonyl (C=O) groups excluding carboxylic acids is 2. The van der Waals surface area contributed by atoms with Gasteiger partial charge in [0.05, 0.1) is 18.3 Å². The Labute approximate surface area is 252 Å². The highest BCUT2D eigenvalue weighted by Gasteiger charge is 2.34. The second-order valence-corrected chi connectivity index (χ2v) is 12.1. The van der Waals surface area contributed by atoms with E-state index in [2.05, 4.69) is 5.32 Å². The van der Waals surface area contributed by atoms with Crippen molar-refractivity contribution < 1.29 is 27.7 Å². The van der Waals surface area contributed by atoms with E-state index in [4.69, 9.17) is 4.74 Å². The van der Waals surface area contributed by atoms with E-state index in [-0.39, 0.29) is 36.0 Å². The van der Waals surface area contributed by atoms with Crippen LogP contribution in [0.15, 0.2) is 72.8 Å². The summed E-state index contributed by atoms with van der Waals surface area (Å²) < 4.78 is 32.2. The van der Waals surface area contributed by atoms with Crippen LogP contribution in [0.1, 0.15) is 36.5 Å². The smallest absolute Gasteiger partial charge is 0.271 e. The van der Waals surface area contributed by atoms with Gasteiger partial charge in [-0.15, -0.1) is 0 Å². The molecule has 3 aromatic carbocycles. The number of nitrogens with zero attached hydrogens (tertiary/aromatic N) is 3. The van der Waals surface area contributed by atoms with Crippen molar-refractivity contribution in [3.63, 3.8) is 0 Å². The molecule has 0 radical (unpaired) electrons. The quantitative estimate of drug-likeness (QED) is 0.154. The summed E-state index contributed by atoms with van der Waals surface area (Å²) in [7, 11) is -2.84. The molecule has 0 heterocycles. The van der Waals surface area contributed by atoms with Crippen LogP contribution in [0, 0.1) is 17.0 Å². The van der Waals surface area contributed by atoms with Gasteiger partial charge >= 0.3 is 0 Å². The number of anilines is 1. The molecule has 3 rings (SSSR count). The molecule has 0 aliphatic carbocycles. The number of hydrogen-bond acceptors (Lipinski definition) is 7. The van der Waals surface area contributed by atoms with E-state index in [0.29, 0.717) is 6.54 Å². The summed E-state index contributed by atoms with van der Waals surface area (Å²) in [5, 5.41) is 14.4. The Kier molecular flexibility index (Phi) is 11.6. The van der Waals surface area contributed by atoms with Gasteiger partial charge in [-0.3, -0.25) is 24.0 Å². The largest absolute Gasteiger partial charge is 0.495 e. The minimum Gasteiger partial charge on any atom is -0.495 e. The number of non-ortho nitro benzene ring substituents is 1. The number of unbranched alkanes of at least 4 members (excludes halogenated alkanes) is 1. The van der Waals surface area contributed by atoms with E-state index < -0.39 is 33.4 Å².